The predicted octanol–water partition coefficient (Wildman–Crippen LogP) is 0.619. The first kappa shape index (κ1) is 14.1. The second kappa shape index (κ2) is 4.71. The number of aromatic nitrogens is 1. The molecule has 8 N–H and O–H groups in total. The molecule has 8 heteroatoms. The van der Waals surface area contributed by atoms with Gasteiger partial charge in [-0.05, 0) is 13.0 Å². The van der Waals surface area contributed by atoms with E-state index in [1.807, 2.05) is 0 Å². The third kappa shape index (κ3) is 1.73. The third-order valence-corrected chi connectivity index (χ3v) is 2.62. The molecule has 2 aromatic rings. The molecule has 7 nitrogen and oxygen atoms in total. The molecule has 0 atom stereocenters. The van der Waals surface area contributed by atoms with Crippen molar-refractivity contribution < 1.29 is 25.5 Å². The molecule has 1 aromatic carbocycles. The van der Waals surface area contributed by atoms with E-state index >= 15 is 0 Å². The highest BCUT2D eigenvalue weighted by molar-refractivity contribution is 5.99. The molecule has 0 radical (unpaired) electrons. The van der Waals surface area contributed by atoms with Crippen LogP contribution in [0.25, 0.3) is 10.9 Å². The number of phenolic OH excluding ortho intramolecular Hbond substituents is 4. The second-order valence-electron chi connectivity index (χ2n) is 3.64. The lowest BCUT2D eigenvalue weighted by molar-refractivity contribution is 0.350. The molecule has 0 aliphatic heterocycles. The number of aromatic amines is 1. The smallest absolute Gasteiger partial charge is 0.206 e. The molecule has 18 heavy (non-hydrogen) atoms. The van der Waals surface area contributed by atoms with Crippen LogP contribution in [0.3, 0.4) is 0 Å². The minimum Gasteiger partial charge on any atom is -0.504 e. The SMILES string of the molecule is Cl.NCCc1c(O)[nH]c2c(O)c(O)c(O)c(O)c12. The third-order valence-electron chi connectivity index (χ3n) is 2.62. The van der Waals surface area contributed by atoms with Crippen LogP contribution >= 0.6 is 12.4 Å². The van der Waals surface area contributed by atoms with Gasteiger partial charge in [0, 0.05) is 5.56 Å². The van der Waals surface area contributed by atoms with Crippen LogP contribution in [-0.2, 0) is 6.42 Å². The lowest BCUT2D eigenvalue weighted by Gasteiger charge is -2.06. The predicted molar refractivity (Wildman–Crippen MR) is 66.6 cm³/mol. The van der Waals surface area contributed by atoms with E-state index in [9.17, 15) is 25.5 Å². The topological polar surface area (TPSA) is 143 Å². The summed E-state index contributed by atoms with van der Waals surface area (Å²) in [5.41, 5.74) is 5.57. The normalized spacial score (nSPS) is 10.5. The van der Waals surface area contributed by atoms with Crippen LogP contribution < -0.4 is 5.73 Å². The molecule has 1 aromatic heterocycles. The highest BCUT2D eigenvalue weighted by Gasteiger charge is 2.23. The lowest BCUT2D eigenvalue weighted by Crippen LogP contribution is -2.02. The lowest BCUT2D eigenvalue weighted by atomic mass is 10.1. The van der Waals surface area contributed by atoms with Crippen molar-refractivity contribution in [2.24, 2.45) is 5.73 Å². The summed E-state index contributed by atoms with van der Waals surface area (Å²) in [6.07, 6.45) is 0.239. The zero-order valence-electron chi connectivity index (χ0n) is 9.14. The fraction of sp³-hybridized carbons (Fsp3) is 0.200. The van der Waals surface area contributed by atoms with E-state index in [4.69, 9.17) is 5.73 Å². The molecule has 0 aliphatic rings. The summed E-state index contributed by atoms with van der Waals surface area (Å²) in [4.78, 5) is 2.41. The molecular weight excluding hydrogens is 264 g/mol. The Bertz CT molecular complexity index is 596. The monoisotopic (exact) mass is 276 g/mol. The molecule has 0 bridgehead atoms. The Morgan fingerprint density at radius 3 is 2.00 bits per heavy atom. The van der Waals surface area contributed by atoms with Gasteiger partial charge in [-0.2, -0.15) is 0 Å². The van der Waals surface area contributed by atoms with Crippen molar-refractivity contribution in [3.8, 4) is 28.9 Å². The zero-order chi connectivity index (χ0) is 12.7. The molecule has 0 fully saturated rings. The largest absolute Gasteiger partial charge is 0.504 e. The van der Waals surface area contributed by atoms with Crippen molar-refractivity contribution in [3.05, 3.63) is 5.56 Å². The van der Waals surface area contributed by atoms with E-state index in [1.165, 1.54) is 0 Å². The number of H-pyrrole nitrogens is 1. The Kier molecular flexibility index (Phi) is 3.68. The van der Waals surface area contributed by atoms with Gasteiger partial charge in [-0.15, -0.1) is 12.4 Å². The van der Waals surface area contributed by atoms with Crippen LogP contribution in [0.15, 0.2) is 0 Å². The molecule has 100 valence electrons. The van der Waals surface area contributed by atoms with Gasteiger partial charge < -0.3 is 36.3 Å². The summed E-state index contributed by atoms with van der Waals surface area (Å²) < 4.78 is 0. The van der Waals surface area contributed by atoms with Crippen LogP contribution in [0.2, 0.25) is 0 Å². The standard InChI is InChI=1S/C10H12N2O5.ClH/c11-2-1-3-4-5(12-10(3)17)7(14)9(16)8(15)6(4)13;/h12-17H,1-2,11H2;1H. The maximum absolute atomic E-state index is 9.69. The number of fused-ring (bicyclic) bond motifs is 1. The van der Waals surface area contributed by atoms with Gasteiger partial charge in [0.25, 0.3) is 0 Å². The van der Waals surface area contributed by atoms with Crippen molar-refractivity contribution in [1.29, 1.82) is 0 Å². The Balaban J connectivity index is 0.00000162. The zero-order valence-corrected chi connectivity index (χ0v) is 9.95. The Morgan fingerprint density at radius 1 is 0.889 bits per heavy atom. The maximum Gasteiger partial charge on any atom is 0.206 e. The van der Waals surface area contributed by atoms with E-state index in [0.717, 1.165) is 0 Å². The molecule has 0 unspecified atom stereocenters. The number of rotatable bonds is 2. The van der Waals surface area contributed by atoms with Crippen molar-refractivity contribution >= 4 is 23.3 Å². The molecule has 2 rings (SSSR count). The summed E-state index contributed by atoms with van der Waals surface area (Å²) in [6.45, 7) is 0.211. The number of halogens is 1. The number of nitrogens with one attached hydrogen (secondary N) is 1. The van der Waals surface area contributed by atoms with E-state index in [2.05, 4.69) is 4.98 Å². The molecular formula is C10H13ClN2O5. The molecule has 0 saturated carbocycles. The van der Waals surface area contributed by atoms with Crippen molar-refractivity contribution in [2.75, 3.05) is 6.54 Å². The maximum atomic E-state index is 9.69. The van der Waals surface area contributed by atoms with Gasteiger partial charge in [-0.25, -0.2) is 0 Å². The fourth-order valence-electron chi connectivity index (χ4n) is 1.81. The molecule has 0 saturated heterocycles. The summed E-state index contributed by atoms with van der Waals surface area (Å²) in [7, 11) is 0. The first-order valence-corrected chi connectivity index (χ1v) is 4.88. The molecule has 0 aliphatic carbocycles. The van der Waals surface area contributed by atoms with E-state index in [-0.39, 0.29) is 47.7 Å². The van der Waals surface area contributed by atoms with Crippen molar-refractivity contribution in [3.63, 3.8) is 0 Å². The number of hydrogen-bond donors (Lipinski definition) is 7. The first-order chi connectivity index (χ1) is 7.99. The minimum absolute atomic E-state index is 0. The molecule has 0 spiro atoms. The average molecular weight is 277 g/mol. The van der Waals surface area contributed by atoms with Gasteiger partial charge in [-0.1, -0.05) is 0 Å². The first-order valence-electron chi connectivity index (χ1n) is 4.88. The summed E-state index contributed by atoms with van der Waals surface area (Å²) >= 11 is 0. The Hall–Kier alpha value is -1.99. The Morgan fingerprint density at radius 2 is 1.44 bits per heavy atom. The Labute approximate surface area is 108 Å². The number of hydrogen-bond acceptors (Lipinski definition) is 6. The number of benzene rings is 1. The van der Waals surface area contributed by atoms with Gasteiger partial charge in [0.2, 0.25) is 11.5 Å². The average Bonchev–Trinajstić information content (AvgIpc) is 2.62. The minimum atomic E-state index is -0.851. The number of nitrogens with two attached hydrogens (primary N) is 1. The number of phenols is 4. The van der Waals surface area contributed by atoms with Crippen molar-refractivity contribution in [2.45, 2.75) is 6.42 Å². The van der Waals surface area contributed by atoms with Crippen molar-refractivity contribution in [1.82, 2.24) is 4.98 Å². The summed E-state index contributed by atoms with van der Waals surface area (Å²) in [5, 5.41) is 47.6. The fourth-order valence-corrected chi connectivity index (χ4v) is 1.81. The van der Waals surface area contributed by atoms with Crippen LogP contribution in [0.5, 0.6) is 28.9 Å². The highest BCUT2D eigenvalue weighted by Crippen LogP contribution is 2.50. The molecule has 1 heterocycles. The van der Waals surface area contributed by atoms with E-state index < -0.39 is 23.0 Å². The number of aromatic hydroxyl groups is 5. The van der Waals surface area contributed by atoms with Gasteiger partial charge in [0.15, 0.2) is 17.4 Å². The highest BCUT2D eigenvalue weighted by atomic mass is 35.5. The van der Waals surface area contributed by atoms with E-state index in [0.29, 0.717) is 0 Å². The van der Waals surface area contributed by atoms with Gasteiger partial charge in [0.1, 0.15) is 0 Å². The summed E-state index contributed by atoms with van der Waals surface area (Å²) in [5.74, 6) is -3.23. The van der Waals surface area contributed by atoms with Gasteiger partial charge >= 0.3 is 0 Å². The van der Waals surface area contributed by atoms with Crippen LogP contribution in [0.1, 0.15) is 5.56 Å². The van der Waals surface area contributed by atoms with Gasteiger partial charge in [0.05, 0.1) is 10.9 Å². The van der Waals surface area contributed by atoms with Crippen LogP contribution in [0, 0.1) is 0 Å². The van der Waals surface area contributed by atoms with Crippen LogP contribution in [0.4, 0.5) is 0 Å². The quantitative estimate of drug-likeness (QED) is 0.316. The van der Waals surface area contributed by atoms with E-state index in [1.54, 1.807) is 0 Å². The van der Waals surface area contributed by atoms with Crippen LogP contribution in [-0.4, -0.2) is 37.1 Å². The summed E-state index contributed by atoms with van der Waals surface area (Å²) in [6, 6.07) is 0. The molecule has 0 amide bonds. The second-order valence-corrected chi connectivity index (χ2v) is 3.64. The van der Waals surface area contributed by atoms with Gasteiger partial charge in [-0.3, -0.25) is 0 Å².